The van der Waals surface area contributed by atoms with E-state index in [-0.39, 0.29) is 40.3 Å². The molecule has 0 bridgehead atoms. The monoisotopic (exact) mass is 614 g/mol. The van der Waals surface area contributed by atoms with Gasteiger partial charge in [-0.15, -0.1) is 0 Å². The number of fused-ring (bicyclic) bond motifs is 1. The zero-order valence-corrected chi connectivity index (χ0v) is 26.1. The number of nitrogens with zero attached hydrogens (tertiary/aromatic N) is 2. The van der Waals surface area contributed by atoms with Crippen LogP contribution in [0, 0.1) is 45.7 Å². The fourth-order valence-electron chi connectivity index (χ4n) is 6.51. The fraction of sp³-hybridized carbons (Fsp3) is 0.613. The van der Waals surface area contributed by atoms with Gasteiger partial charge in [0, 0.05) is 24.0 Å². The molecule has 4 N–H and O–H groups in total. The first-order valence-electron chi connectivity index (χ1n) is 14.6. The number of carbonyl (C=O) groups is 3. The van der Waals surface area contributed by atoms with Crippen molar-refractivity contribution in [1.82, 2.24) is 20.9 Å². The Morgan fingerprint density at radius 2 is 1.95 bits per heavy atom. The summed E-state index contributed by atoms with van der Waals surface area (Å²) in [6, 6.07) is 2.68. The van der Waals surface area contributed by atoms with Crippen LogP contribution in [0.3, 0.4) is 0 Å². The van der Waals surface area contributed by atoms with Crippen molar-refractivity contribution in [1.29, 1.82) is 5.26 Å². The fourth-order valence-corrected chi connectivity index (χ4v) is 6.67. The van der Waals surface area contributed by atoms with Gasteiger partial charge in [0.05, 0.1) is 17.5 Å². The van der Waals surface area contributed by atoms with Crippen molar-refractivity contribution in [2.45, 2.75) is 78.6 Å². The highest BCUT2D eigenvalue weighted by Gasteiger charge is 2.69. The molecule has 1 aliphatic carbocycles. The highest BCUT2D eigenvalue weighted by atomic mass is 35.5. The quantitative estimate of drug-likeness (QED) is 0.313. The van der Waals surface area contributed by atoms with Crippen LogP contribution in [0.2, 0.25) is 5.02 Å². The lowest BCUT2D eigenvalue weighted by molar-refractivity contribution is -0.145. The van der Waals surface area contributed by atoms with Gasteiger partial charge in [-0.2, -0.15) is 5.26 Å². The number of nitriles is 1. The van der Waals surface area contributed by atoms with E-state index in [0.717, 1.165) is 6.07 Å². The second-order valence-electron chi connectivity index (χ2n) is 13.5. The van der Waals surface area contributed by atoms with Crippen LogP contribution in [0.15, 0.2) is 23.9 Å². The SMILES string of the molecule is C[C@H](Nc1ccc(Cl)cc1F)C(=O)N[C@H](C(=O)N1C[C@H]2[C@@H]([C@H]1C(=O)N[C@H](C#N)C[C@@H]1CCNC1=C=O)C2(C)C)C(C)(C)C. The molecule has 3 fully saturated rings. The minimum Gasteiger partial charge on any atom is -0.379 e. The van der Waals surface area contributed by atoms with Gasteiger partial charge in [-0.3, -0.25) is 14.4 Å². The van der Waals surface area contributed by atoms with Gasteiger partial charge in [-0.1, -0.05) is 46.2 Å². The van der Waals surface area contributed by atoms with Gasteiger partial charge in [0.15, 0.2) is 0 Å². The third-order valence-corrected chi connectivity index (χ3v) is 9.41. The van der Waals surface area contributed by atoms with Crippen molar-refractivity contribution in [3.8, 4) is 6.07 Å². The summed E-state index contributed by atoms with van der Waals surface area (Å²) >= 11 is 5.83. The summed E-state index contributed by atoms with van der Waals surface area (Å²) in [7, 11) is 0. The van der Waals surface area contributed by atoms with Gasteiger partial charge in [0.25, 0.3) is 0 Å². The van der Waals surface area contributed by atoms with Gasteiger partial charge < -0.3 is 26.2 Å². The van der Waals surface area contributed by atoms with E-state index < -0.39 is 53.1 Å². The minimum absolute atomic E-state index is 0.0977. The first-order valence-corrected chi connectivity index (χ1v) is 15.0. The lowest BCUT2D eigenvalue weighted by Crippen LogP contribution is -2.61. The van der Waals surface area contributed by atoms with Crippen molar-refractivity contribution in [2.24, 2.45) is 28.6 Å². The number of carbonyl (C=O) groups excluding carboxylic acids is 4. The highest BCUT2D eigenvalue weighted by molar-refractivity contribution is 6.30. The van der Waals surface area contributed by atoms with Gasteiger partial charge in [-0.05, 0) is 60.6 Å². The van der Waals surface area contributed by atoms with Gasteiger partial charge >= 0.3 is 0 Å². The number of likely N-dealkylation sites (tertiary alicyclic amines) is 1. The number of hydrogen-bond donors (Lipinski definition) is 4. The van der Waals surface area contributed by atoms with Crippen LogP contribution in [0.5, 0.6) is 0 Å². The summed E-state index contributed by atoms with van der Waals surface area (Å²) in [4.78, 5) is 53.9. The molecule has 4 rings (SSSR count). The summed E-state index contributed by atoms with van der Waals surface area (Å²) in [5.74, 6) is -0.258. The zero-order valence-electron chi connectivity index (χ0n) is 25.4. The molecule has 43 heavy (non-hydrogen) atoms. The van der Waals surface area contributed by atoms with Crippen molar-refractivity contribution in [3.63, 3.8) is 0 Å². The summed E-state index contributed by atoms with van der Waals surface area (Å²) in [5, 5.41) is 21.5. The first kappa shape index (κ1) is 32.3. The van der Waals surface area contributed by atoms with Crippen LogP contribution in [0.4, 0.5) is 10.1 Å². The molecule has 0 aromatic heterocycles. The summed E-state index contributed by atoms with van der Waals surface area (Å²) < 4.78 is 14.3. The molecule has 2 heterocycles. The number of nitrogens with one attached hydrogen (secondary N) is 4. The Hall–Kier alpha value is -3.61. The lowest BCUT2D eigenvalue weighted by atomic mass is 9.85. The normalized spacial score (nSPS) is 25.7. The predicted molar refractivity (Wildman–Crippen MR) is 160 cm³/mol. The molecule has 3 amide bonds. The maximum absolute atomic E-state index is 14.3. The summed E-state index contributed by atoms with van der Waals surface area (Å²) in [5.41, 5.74) is -0.378. The molecule has 7 atom stereocenters. The number of benzene rings is 1. The molecule has 232 valence electrons. The highest BCUT2D eigenvalue weighted by Crippen LogP contribution is 2.65. The summed E-state index contributed by atoms with van der Waals surface area (Å²) in [6.45, 7) is 12.1. The lowest BCUT2D eigenvalue weighted by Gasteiger charge is -2.38. The van der Waals surface area contributed by atoms with E-state index in [4.69, 9.17) is 11.6 Å². The maximum atomic E-state index is 14.3. The van der Waals surface area contributed by atoms with Crippen LogP contribution in [-0.4, -0.2) is 65.8 Å². The van der Waals surface area contributed by atoms with E-state index in [2.05, 4.69) is 41.2 Å². The largest absolute Gasteiger partial charge is 0.379 e. The Bertz CT molecular complexity index is 1380. The van der Waals surface area contributed by atoms with Crippen LogP contribution < -0.4 is 21.3 Å². The number of anilines is 1. The van der Waals surface area contributed by atoms with E-state index >= 15 is 0 Å². The molecule has 1 aromatic rings. The second kappa shape index (κ2) is 12.2. The van der Waals surface area contributed by atoms with Crippen LogP contribution >= 0.6 is 11.6 Å². The molecule has 1 saturated carbocycles. The molecule has 12 heteroatoms. The van der Waals surface area contributed by atoms with Gasteiger partial charge in [-0.25, -0.2) is 9.18 Å². The van der Waals surface area contributed by atoms with Crippen molar-refractivity contribution in [3.05, 3.63) is 34.7 Å². The third kappa shape index (κ3) is 6.66. The second-order valence-corrected chi connectivity index (χ2v) is 14.0. The molecular formula is C31H40ClFN6O4. The third-order valence-electron chi connectivity index (χ3n) is 9.18. The van der Waals surface area contributed by atoms with Gasteiger partial charge in [0.1, 0.15) is 35.9 Å². The van der Waals surface area contributed by atoms with Crippen LogP contribution in [-0.2, 0) is 19.2 Å². The maximum Gasteiger partial charge on any atom is 0.246 e. The Labute approximate surface area is 256 Å². The number of hydrogen-bond acceptors (Lipinski definition) is 7. The van der Waals surface area contributed by atoms with Crippen molar-refractivity contribution >= 4 is 41.0 Å². The molecule has 0 spiro atoms. The average Bonchev–Trinajstić information content (AvgIpc) is 3.31. The first-order chi connectivity index (χ1) is 20.1. The van der Waals surface area contributed by atoms with Crippen LogP contribution in [0.1, 0.15) is 54.4 Å². The average molecular weight is 615 g/mol. The molecule has 0 unspecified atom stereocenters. The van der Waals surface area contributed by atoms with E-state index in [1.54, 1.807) is 6.92 Å². The molecular weight excluding hydrogens is 575 g/mol. The standard InChI is InChI=1S/C31H40ClFN6O4/c1-16(36-22-8-7-18(32)12-21(22)33)27(41)38-26(30(2,3)4)29(43)39-14-20-24(31(20,5)6)25(39)28(42)37-19(13-34)11-17-9-10-35-23(17)15-40/h7-8,12,16-17,19-20,24-26,35-36H,9-11,14H2,1-6H3,(H,37,42)(H,38,41)/t16-,17-,19-,20-,24-,25-,26+/m0/s1. The van der Waals surface area contributed by atoms with E-state index in [0.29, 0.717) is 25.2 Å². The Kier molecular flexibility index (Phi) is 9.15. The number of piperidine rings is 1. The Morgan fingerprint density at radius 3 is 2.56 bits per heavy atom. The smallest absolute Gasteiger partial charge is 0.246 e. The molecule has 2 aliphatic heterocycles. The van der Waals surface area contributed by atoms with E-state index in [9.17, 15) is 28.8 Å². The number of halogens is 2. The van der Waals surface area contributed by atoms with E-state index in [1.807, 2.05) is 26.7 Å². The topological polar surface area (TPSA) is 143 Å². The molecule has 0 radical (unpaired) electrons. The number of allylic oxidation sites excluding steroid dienone is 1. The molecule has 10 nitrogen and oxygen atoms in total. The molecule has 1 aromatic carbocycles. The predicted octanol–water partition coefficient (Wildman–Crippen LogP) is 3.02. The van der Waals surface area contributed by atoms with Crippen LogP contribution in [0.25, 0.3) is 0 Å². The Morgan fingerprint density at radius 1 is 1.26 bits per heavy atom. The molecule has 3 aliphatic rings. The zero-order chi connectivity index (χ0) is 31.9. The number of rotatable bonds is 9. The summed E-state index contributed by atoms with van der Waals surface area (Å²) in [6.07, 6.45) is 0.924. The van der Waals surface area contributed by atoms with Crippen molar-refractivity contribution in [2.75, 3.05) is 18.4 Å². The van der Waals surface area contributed by atoms with E-state index in [1.165, 1.54) is 17.0 Å². The van der Waals surface area contributed by atoms with Crippen molar-refractivity contribution < 1.29 is 23.6 Å². The minimum atomic E-state index is -0.980. The molecule has 2 saturated heterocycles. The number of amides is 3. The van der Waals surface area contributed by atoms with Gasteiger partial charge in [0.2, 0.25) is 17.7 Å². The Balaban J connectivity index is 1.50.